The van der Waals surface area contributed by atoms with Crippen molar-refractivity contribution in [3.05, 3.63) is 85.4 Å². The molecule has 178 valence electrons. The summed E-state index contributed by atoms with van der Waals surface area (Å²) in [5.41, 5.74) is 2.45. The summed E-state index contributed by atoms with van der Waals surface area (Å²) in [7, 11) is 1.41. The molecule has 3 heterocycles. The molecule has 1 unspecified atom stereocenters. The standard InChI is InChI=1S/C27H25FN4O3/c1-3-21(33)26-19(6-5-13-30-26)27-31-25(20-16-29-14-15-32(20)27)17-9-11-18(12-10-17)35-23-8-4-7-22(34-2)24(23)28/h3-4,7-12,14-16,19,26,30H,1,5-6,13H2,2H3/t19-,26?/m1/s1. The number of rotatable bonds is 7. The Morgan fingerprint density at radius 1 is 1.23 bits per heavy atom. The minimum atomic E-state index is -0.556. The van der Waals surface area contributed by atoms with Crippen molar-refractivity contribution in [2.75, 3.05) is 13.7 Å². The Morgan fingerprint density at radius 3 is 2.80 bits per heavy atom. The van der Waals surface area contributed by atoms with Crippen LogP contribution in [0, 0.1) is 5.82 Å². The van der Waals surface area contributed by atoms with Crippen LogP contribution in [0.4, 0.5) is 4.39 Å². The van der Waals surface area contributed by atoms with Gasteiger partial charge in [0, 0.05) is 23.9 Å². The second kappa shape index (κ2) is 9.68. The third kappa shape index (κ3) is 4.28. The molecule has 0 aliphatic carbocycles. The smallest absolute Gasteiger partial charge is 0.207 e. The van der Waals surface area contributed by atoms with Gasteiger partial charge in [0.2, 0.25) is 5.82 Å². The molecule has 4 aromatic rings. The summed E-state index contributed by atoms with van der Waals surface area (Å²) < 4.78 is 27.2. The van der Waals surface area contributed by atoms with Crippen molar-refractivity contribution in [1.29, 1.82) is 0 Å². The molecule has 1 aliphatic heterocycles. The number of nitrogens with one attached hydrogen (secondary N) is 1. The van der Waals surface area contributed by atoms with E-state index in [9.17, 15) is 9.18 Å². The van der Waals surface area contributed by atoms with Crippen LogP contribution in [-0.2, 0) is 4.79 Å². The van der Waals surface area contributed by atoms with Gasteiger partial charge in [0.05, 0.1) is 30.6 Å². The number of hydrogen-bond donors (Lipinski definition) is 1. The first kappa shape index (κ1) is 22.7. The van der Waals surface area contributed by atoms with Gasteiger partial charge in [-0.3, -0.25) is 14.2 Å². The van der Waals surface area contributed by atoms with Gasteiger partial charge in [0.1, 0.15) is 11.6 Å². The number of imidazole rings is 1. The number of carbonyl (C=O) groups is 1. The van der Waals surface area contributed by atoms with Gasteiger partial charge in [-0.2, -0.15) is 4.39 Å². The minimum absolute atomic E-state index is 0.0340. The summed E-state index contributed by atoms with van der Waals surface area (Å²) in [4.78, 5) is 21.8. The number of halogens is 1. The lowest BCUT2D eigenvalue weighted by molar-refractivity contribution is -0.117. The summed E-state index contributed by atoms with van der Waals surface area (Å²) in [5, 5.41) is 3.33. The Hall–Kier alpha value is -4.04. The normalized spacial score (nSPS) is 17.8. The molecule has 1 aliphatic rings. The van der Waals surface area contributed by atoms with Gasteiger partial charge in [-0.15, -0.1) is 0 Å². The monoisotopic (exact) mass is 472 g/mol. The quantitative estimate of drug-likeness (QED) is 0.385. The van der Waals surface area contributed by atoms with E-state index in [0.717, 1.165) is 42.0 Å². The number of fused-ring (bicyclic) bond motifs is 1. The Bertz CT molecular complexity index is 1380. The minimum Gasteiger partial charge on any atom is -0.494 e. The van der Waals surface area contributed by atoms with Crippen LogP contribution in [0.2, 0.25) is 0 Å². The Morgan fingerprint density at radius 2 is 2.03 bits per heavy atom. The van der Waals surface area contributed by atoms with Crippen LogP contribution in [-0.4, -0.2) is 39.8 Å². The fraction of sp³-hybridized carbons (Fsp3) is 0.222. The first-order valence-corrected chi connectivity index (χ1v) is 11.4. The zero-order valence-corrected chi connectivity index (χ0v) is 19.3. The fourth-order valence-electron chi connectivity index (χ4n) is 4.56. The molecule has 1 N–H and O–H groups in total. The summed E-state index contributed by atoms with van der Waals surface area (Å²) in [6.07, 6.45) is 8.52. The van der Waals surface area contributed by atoms with Crippen molar-refractivity contribution in [3.63, 3.8) is 0 Å². The molecule has 0 spiro atoms. The molecule has 5 rings (SSSR count). The largest absolute Gasteiger partial charge is 0.494 e. The van der Waals surface area contributed by atoms with E-state index in [1.165, 1.54) is 19.3 Å². The van der Waals surface area contributed by atoms with E-state index in [-0.39, 0.29) is 29.2 Å². The predicted octanol–water partition coefficient (Wildman–Crippen LogP) is 4.93. The third-order valence-electron chi connectivity index (χ3n) is 6.28. The Balaban J connectivity index is 1.49. The van der Waals surface area contributed by atoms with E-state index in [1.807, 2.05) is 22.7 Å². The average molecular weight is 473 g/mol. The number of methoxy groups -OCH3 is 1. The lowest BCUT2D eigenvalue weighted by Gasteiger charge is -2.30. The number of benzene rings is 2. The van der Waals surface area contributed by atoms with Crippen molar-refractivity contribution in [3.8, 4) is 28.5 Å². The maximum Gasteiger partial charge on any atom is 0.207 e. The highest BCUT2D eigenvalue weighted by Crippen LogP contribution is 2.35. The third-order valence-corrected chi connectivity index (χ3v) is 6.28. The van der Waals surface area contributed by atoms with Crippen LogP contribution in [0.5, 0.6) is 17.2 Å². The highest BCUT2D eigenvalue weighted by Gasteiger charge is 2.34. The topological polar surface area (TPSA) is 77.8 Å². The van der Waals surface area contributed by atoms with E-state index in [4.69, 9.17) is 14.5 Å². The maximum atomic E-state index is 14.5. The van der Waals surface area contributed by atoms with Crippen molar-refractivity contribution in [2.45, 2.75) is 24.8 Å². The molecule has 7 nitrogen and oxygen atoms in total. The highest BCUT2D eigenvalue weighted by molar-refractivity contribution is 5.94. The van der Waals surface area contributed by atoms with Gasteiger partial charge < -0.3 is 14.8 Å². The Labute approximate surface area is 202 Å². The highest BCUT2D eigenvalue weighted by atomic mass is 19.1. The van der Waals surface area contributed by atoms with Gasteiger partial charge in [-0.25, -0.2) is 4.98 Å². The number of aromatic nitrogens is 3. The molecule has 0 bridgehead atoms. The van der Waals surface area contributed by atoms with Crippen molar-refractivity contribution in [2.24, 2.45) is 0 Å². The van der Waals surface area contributed by atoms with E-state index in [1.54, 1.807) is 36.7 Å². The molecule has 2 atom stereocenters. The molecule has 35 heavy (non-hydrogen) atoms. The van der Waals surface area contributed by atoms with Crippen molar-refractivity contribution < 1.29 is 18.7 Å². The second-order valence-corrected chi connectivity index (χ2v) is 8.34. The number of ketones is 1. The van der Waals surface area contributed by atoms with Crippen molar-refractivity contribution >= 4 is 11.3 Å². The average Bonchev–Trinajstić information content (AvgIpc) is 3.29. The Kier molecular flexibility index (Phi) is 6.29. The number of nitrogens with zero attached hydrogens (tertiary/aromatic N) is 3. The van der Waals surface area contributed by atoms with Crippen molar-refractivity contribution in [1.82, 2.24) is 19.7 Å². The lowest BCUT2D eigenvalue weighted by Crippen LogP contribution is -2.45. The molecule has 0 saturated carbocycles. The number of piperidine rings is 1. The van der Waals surface area contributed by atoms with Gasteiger partial charge in [-0.05, 0) is 61.9 Å². The molecule has 1 fully saturated rings. The lowest BCUT2D eigenvalue weighted by atomic mass is 9.87. The van der Waals surface area contributed by atoms with Crippen LogP contribution in [0.1, 0.15) is 24.6 Å². The SMILES string of the molecule is C=CC(=O)C1NCCC[C@H]1c1nc(-c2ccc(Oc3cccc(OC)c3F)cc2)c2cnccn12. The molecular formula is C27H25FN4O3. The van der Waals surface area contributed by atoms with Crippen LogP contribution in [0.15, 0.2) is 73.7 Å². The van der Waals surface area contributed by atoms with E-state index in [2.05, 4.69) is 16.9 Å². The zero-order valence-electron chi connectivity index (χ0n) is 19.3. The molecular weight excluding hydrogens is 447 g/mol. The molecule has 0 amide bonds. The maximum absolute atomic E-state index is 14.5. The number of ether oxygens (including phenoxy) is 2. The van der Waals surface area contributed by atoms with E-state index in [0.29, 0.717) is 5.75 Å². The van der Waals surface area contributed by atoms with Crippen LogP contribution in [0.3, 0.4) is 0 Å². The van der Waals surface area contributed by atoms with Crippen LogP contribution >= 0.6 is 0 Å². The van der Waals surface area contributed by atoms with Crippen LogP contribution < -0.4 is 14.8 Å². The van der Waals surface area contributed by atoms with E-state index >= 15 is 0 Å². The fourth-order valence-corrected chi connectivity index (χ4v) is 4.56. The van der Waals surface area contributed by atoms with Gasteiger partial charge in [0.25, 0.3) is 0 Å². The molecule has 1 saturated heterocycles. The molecule has 2 aromatic heterocycles. The van der Waals surface area contributed by atoms with Gasteiger partial charge >= 0.3 is 0 Å². The number of hydrogen-bond acceptors (Lipinski definition) is 6. The molecule has 0 radical (unpaired) electrons. The van der Waals surface area contributed by atoms with Gasteiger partial charge in [-0.1, -0.05) is 12.6 Å². The van der Waals surface area contributed by atoms with E-state index < -0.39 is 5.82 Å². The summed E-state index contributed by atoms with van der Waals surface area (Å²) in [5.74, 6) is 0.816. The second-order valence-electron chi connectivity index (χ2n) is 8.34. The summed E-state index contributed by atoms with van der Waals surface area (Å²) in [6.45, 7) is 4.45. The number of carbonyl (C=O) groups excluding carboxylic acids is 1. The van der Waals surface area contributed by atoms with Gasteiger partial charge in [0.15, 0.2) is 17.3 Å². The molecule has 2 aromatic carbocycles. The first-order valence-electron chi connectivity index (χ1n) is 11.4. The first-order chi connectivity index (χ1) is 17.1. The predicted molar refractivity (Wildman–Crippen MR) is 130 cm³/mol. The summed E-state index contributed by atoms with van der Waals surface area (Å²) >= 11 is 0. The summed E-state index contributed by atoms with van der Waals surface area (Å²) in [6, 6.07) is 11.7. The van der Waals surface area contributed by atoms with Crippen LogP contribution in [0.25, 0.3) is 16.8 Å². The zero-order chi connectivity index (χ0) is 24.4. The molecule has 8 heteroatoms.